The van der Waals surface area contributed by atoms with Crippen LogP contribution in [0.25, 0.3) is 0 Å². The number of aryl methyl sites for hydroxylation is 2. The van der Waals surface area contributed by atoms with Gasteiger partial charge in [-0.3, -0.25) is 0 Å². The zero-order valence-electron chi connectivity index (χ0n) is 11.7. The van der Waals surface area contributed by atoms with Crippen molar-refractivity contribution in [3.05, 3.63) is 15.6 Å². The Balaban J connectivity index is 1.51. The van der Waals surface area contributed by atoms with Gasteiger partial charge in [-0.2, -0.15) is 0 Å². The van der Waals surface area contributed by atoms with Gasteiger partial charge in [-0.25, -0.2) is 4.98 Å². The van der Waals surface area contributed by atoms with E-state index in [4.69, 9.17) is 9.47 Å². The molecule has 2 saturated heterocycles. The minimum atomic E-state index is 0.0879. The minimum absolute atomic E-state index is 0.0879. The van der Waals surface area contributed by atoms with Crippen LogP contribution in [0.4, 0.5) is 0 Å². The molecule has 0 aliphatic carbocycles. The highest BCUT2D eigenvalue weighted by molar-refractivity contribution is 7.11. The first-order valence-corrected chi connectivity index (χ1v) is 7.88. The van der Waals surface area contributed by atoms with Crippen LogP contribution >= 0.6 is 11.3 Å². The summed E-state index contributed by atoms with van der Waals surface area (Å²) in [5.74, 6) is 0. The van der Waals surface area contributed by atoms with E-state index >= 15 is 0 Å². The van der Waals surface area contributed by atoms with Gasteiger partial charge in [-0.15, -0.1) is 11.3 Å². The van der Waals surface area contributed by atoms with Crippen LogP contribution in [-0.2, 0) is 16.1 Å². The van der Waals surface area contributed by atoms with E-state index < -0.39 is 0 Å². The van der Waals surface area contributed by atoms with E-state index in [1.807, 2.05) is 0 Å². The summed E-state index contributed by atoms with van der Waals surface area (Å²) in [5.41, 5.74) is 1.21. The summed E-state index contributed by atoms with van der Waals surface area (Å²) < 4.78 is 12.0. The molecule has 0 saturated carbocycles. The van der Waals surface area contributed by atoms with Crippen LogP contribution < -0.4 is 5.32 Å². The van der Waals surface area contributed by atoms with Crippen molar-refractivity contribution in [3.63, 3.8) is 0 Å². The summed E-state index contributed by atoms with van der Waals surface area (Å²) >= 11 is 1.74. The molecule has 2 aliphatic rings. The molecule has 1 aromatic heterocycles. The topological polar surface area (TPSA) is 43.4 Å². The largest absolute Gasteiger partial charge is 0.372 e. The van der Waals surface area contributed by atoms with Gasteiger partial charge < -0.3 is 14.8 Å². The molecule has 0 amide bonds. The van der Waals surface area contributed by atoms with Crippen LogP contribution in [0.5, 0.6) is 0 Å². The third kappa shape index (κ3) is 2.99. The molecule has 106 valence electrons. The van der Waals surface area contributed by atoms with Crippen LogP contribution in [-0.4, -0.2) is 36.4 Å². The highest BCUT2D eigenvalue weighted by atomic mass is 32.1. The lowest BCUT2D eigenvalue weighted by Gasteiger charge is -2.32. The van der Waals surface area contributed by atoms with E-state index in [0.29, 0.717) is 6.61 Å². The van der Waals surface area contributed by atoms with Crippen molar-refractivity contribution in [2.24, 2.45) is 0 Å². The van der Waals surface area contributed by atoms with E-state index in [0.717, 1.165) is 49.7 Å². The van der Waals surface area contributed by atoms with E-state index in [2.05, 4.69) is 24.1 Å². The second-order valence-corrected chi connectivity index (χ2v) is 6.92. The highest BCUT2D eigenvalue weighted by Gasteiger charge is 2.41. The Morgan fingerprint density at radius 1 is 1.42 bits per heavy atom. The van der Waals surface area contributed by atoms with Crippen molar-refractivity contribution in [2.45, 2.75) is 51.4 Å². The average molecular weight is 282 g/mol. The number of nitrogens with zero attached hydrogens (tertiary/aromatic N) is 1. The Hall–Kier alpha value is -0.490. The predicted molar refractivity (Wildman–Crippen MR) is 75.6 cm³/mol. The van der Waals surface area contributed by atoms with Crippen LogP contribution in [0.15, 0.2) is 0 Å². The van der Waals surface area contributed by atoms with Crippen molar-refractivity contribution < 1.29 is 9.47 Å². The first kappa shape index (κ1) is 13.5. The summed E-state index contributed by atoms with van der Waals surface area (Å²) in [5, 5.41) is 4.47. The second-order valence-electron chi connectivity index (χ2n) is 5.63. The van der Waals surface area contributed by atoms with Crippen LogP contribution in [0.1, 0.15) is 34.8 Å². The average Bonchev–Trinajstić information content (AvgIpc) is 2.93. The molecule has 2 aliphatic heterocycles. The third-order valence-electron chi connectivity index (χ3n) is 4.21. The molecule has 0 aromatic carbocycles. The number of hydrogen-bond donors (Lipinski definition) is 1. The lowest BCUT2D eigenvalue weighted by molar-refractivity contribution is -0.0241. The summed E-state index contributed by atoms with van der Waals surface area (Å²) in [6.07, 6.45) is 3.51. The zero-order chi connectivity index (χ0) is 13.3. The van der Waals surface area contributed by atoms with Crippen molar-refractivity contribution in [1.82, 2.24) is 10.3 Å². The van der Waals surface area contributed by atoms with Gasteiger partial charge in [0.2, 0.25) is 0 Å². The number of piperidine rings is 1. The molecule has 0 radical (unpaired) electrons. The van der Waals surface area contributed by atoms with Gasteiger partial charge in [0.1, 0.15) is 5.01 Å². The smallest absolute Gasteiger partial charge is 0.119 e. The lowest BCUT2D eigenvalue weighted by Crippen LogP contribution is -2.41. The Bertz CT molecular complexity index is 421. The fourth-order valence-electron chi connectivity index (χ4n) is 2.93. The number of hydrogen-bond acceptors (Lipinski definition) is 5. The van der Waals surface area contributed by atoms with Gasteiger partial charge in [0.05, 0.1) is 30.6 Å². The molecule has 1 atom stereocenters. The van der Waals surface area contributed by atoms with Crippen molar-refractivity contribution in [1.29, 1.82) is 0 Å². The normalized spacial score (nSPS) is 26.1. The Labute approximate surface area is 118 Å². The fourth-order valence-corrected chi connectivity index (χ4v) is 3.79. The molecule has 3 rings (SSSR count). The van der Waals surface area contributed by atoms with Crippen LogP contribution in [0.2, 0.25) is 0 Å². The summed E-state index contributed by atoms with van der Waals surface area (Å²) in [4.78, 5) is 5.81. The molecule has 1 N–H and O–H groups in total. The number of ether oxygens (including phenoxy) is 2. The third-order valence-corrected chi connectivity index (χ3v) is 5.25. The predicted octanol–water partition coefficient (Wildman–Crippen LogP) is 2.19. The van der Waals surface area contributed by atoms with Gasteiger partial charge in [0, 0.05) is 11.3 Å². The zero-order valence-corrected chi connectivity index (χ0v) is 12.5. The number of rotatable bonds is 3. The molecule has 3 heterocycles. The minimum Gasteiger partial charge on any atom is -0.372 e. The van der Waals surface area contributed by atoms with E-state index in [1.165, 1.54) is 4.88 Å². The molecule has 1 spiro atoms. The molecule has 19 heavy (non-hydrogen) atoms. The number of nitrogens with one attached hydrogen (secondary N) is 1. The summed E-state index contributed by atoms with van der Waals surface area (Å²) in [6, 6.07) is 0. The first-order valence-electron chi connectivity index (χ1n) is 7.06. The van der Waals surface area contributed by atoms with Crippen molar-refractivity contribution in [2.75, 3.05) is 19.7 Å². The standard InChI is InChI=1S/C14H22N2O2S/c1-10-11(2)19-13(16-10)9-17-12-7-14(18-8-12)3-5-15-6-4-14/h12,15H,3-9H2,1-2H3. The SMILES string of the molecule is Cc1nc(COC2COC3(CCNCC3)C2)sc1C. The van der Waals surface area contributed by atoms with Crippen LogP contribution in [0.3, 0.4) is 0 Å². The Kier molecular flexibility index (Phi) is 3.89. The molecular formula is C14H22N2O2S. The molecule has 2 fully saturated rings. The molecule has 4 nitrogen and oxygen atoms in total. The van der Waals surface area contributed by atoms with Gasteiger partial charge in [0.25, 0.3) is 0 Å². The monoisotopic (exact) mass is 282 g/mol. The summed E-state index contributed by atoms with van der Waals surface area (Å²) in [7, 11) is 0. The molecular weight excluding hydrogens is 260 g/mol. The maximum atomic E-state index is 6.03. The maximum absolute atomic E-state index is 6.03. The molecule has 1 unspecified atom stereocenters. The first-order chi connectivity index (χ1) is 9.17. The molecule has 5 heteroatoms. The molecule has 1 aromatic rings. The van der Waals surface area contributed by atoms with Crippen molar-refractivity contribution >= 4 is 11.3 Å². The van der Waals surface area contributed by atoms with Crippen molar-refractivity contribution in [3.8, 4) is 0 Å². The lowest BCUT2D eigenvalue weighted by atomic mass is 9.89. The van der Waals surface area contributed by atoms with E-state index in [-0.39, 0.29) is 11.7 Å². The van der Waals surface area contributed by atoms with Gasteiger partial charge in [-0.05, 0) is 39.8 Å². The van der Waals surface area contributed by atoms with E-state index in [1.54, 1.807) is 11.3 Å². The number of thiazole rings is 1. The Morgan fingerprint density at radius 3 is 2.89 bits per heavy atom. The van der Waals surface area contributed by atoms with Crippen LogP contribution in [0, 0.1) is 13.8 Å². The van der Waals surface area contributed by atoms with Gasteiger partial charge >= 0.3 is 0 Å². The summed E-state index contributed by atoms with van der Waals surface area (Å²) in [6.45, 7) is 7.66. The quantitative estimate of drug-likeness (QED) is 0.923. The fraction of sp³-hybridized carbons (Fsp3) is 0.786. The highest BCUT2D eigenvalue weighted by Crippen LogP contribution is 2.35. The number of aromatic nitrogens is 1. The maximum Gasteiger partial charge on any atom is 0.119 e. The van der Waals surface area contributed by atoms with Gasteiger partial charge in [-0.1, -0.05) is 0 Å². The molecule has 0 bridgehead atoms. The van der Waals surface area contributed by atoms with E-state index in [9.17, 15) is 0 Å². The second kappa shape index (κ2) is 5.48. The Morgan fingerprint density at radius 2 is 2.21 bits per heavy atom. The van der Waals surface area contributed by atoms with Gasteiger partial charge in [0.15, 0.2) is 0 Å².